The van der Waals surface area contributed by atoms with Crippen molar-refractivity contribution in [2.75, 3.05) is 0 Å². The van der Waals surface area contributed by atoms with E-state index in [9.17, 15) is 0 Å². The first-order valence-electron chi connectivity index (χ1n) is 5.19. The Balaban J connectivity index is 2.67. The number of nitrogens with zero attached hydrogens (tertiary/aromatic N) is 2. The van der Waals surface area contributed by atoms with Crippen molar-refractivity contribution in [3.05, 3.63) is 35.9 Å². The fourth-order valence-corrected chi connectivity index (χ4v) is 1.71. The summed E-state index contributed by atoms with van der Waals surface area (Å²) in [5.41, 5.74) is 7.94. The number of nitrogens with two attached hydrogens (primary N) is 1. The Bertz CT molecular complexity index is 477. The van der Waals surface area contributed by atoms with Gasteiger partial charge in [-0.2, -0.15) is 0 Å². The SMILES string of the molecule is CC(C)(C)c1ncc2ccc(CN)cn12. The van der Waals surface area contributed by atoms with E-state index in [1.54, 1.807) is 0 Å². The summed E-state index contributed by atoms with van der Waals surface area (Å²) in [4.78, 5) is 4.46. The first-order chi connectivity index (χ1) is 7.02. The molecule has 3 heteroatoms. The monoisotopic (exact) mass is 203 g/mol. The van der Waals surface area contributed by atoms with Gasteiger partial charge >= 0.3 is 0 Å². The van der Waals surface area contributed by atoms with Crippen LogP contribution in [0.1, 0.15) is 32.2 Å². The Morgan fingerprint density at radius 1 is 1.33 bits per heavy atom. The van der Waals surface area contributed by atoms with Gasteiger partial charge in [-0.1, -0.05) is 26.8 Å². The fourth-order valence-electron chi connectivity index (χ4n) is 1.71. The van der Waals surface area contributed by atoms with Gasteiger partial charge in [-0.15, -0.1) is 0 Å². The molecule has 15 heavy (non-hydrogen) atoms. The van der Waals surface area contributed by atoms with Crippen molar-refractivity contribution >= 4 is 5.52 Å². The molecule has 3 nitrogen and oxygen atoms in total. The third-order valence-corrected chi connectivity index (χ3v) is 2.50. The molecule has 2 rings (SSSR count). The van der Waals surface area contributed by atoms with Crippen molar-refractivity contribution in [3.63, 3.8) is 0 Å². The average molecular weight is 203 g/mol. The number of hydrogen-bond acceptors (Lipinski definition) is 2. The second kappa shape index (κ2) is 3.35. The molecule has 0 saturated heterocycles. The molecule has 2 aromatic heterocycles. The highest BCUT2D eigenvalue weighted by molar-refractivity contribution is 5.47. The minimum atomic E-state index is 0.0552. The summed E-state index contributed by atoms with van der Waals surface area (Å²) in [5.74, 6) is 1.08. The molecule has 2 N–H and O–H groups in total. The van der Waals surface area contributed by atoms with E-state index in [2.05, 4.69) is 42.4 Å². The number of imidazole rings is 1. The normalized spacial score (nSPS) is 12.3. The van der Waals surface area contributed by atoms with E-state index in [0.717, 1.165) is 16.9 Å². The van der Waals surface area contributed by atoms with Gasteiger partial charge in [-0.25, -0.2) is 4.98 Å². The molecule has 0 saturated carbocycles. The first kappa shape index (κ1) is 10.2. The fraction of sp³-hybridized carbons (Fsp3) is 0.417. The maximum atomic E-state index is 5.63. The Kier molecular flexibility index (Phi) is 2.27. The molecule has 2 heterocycles. The van der Waals surface area contributed by atoms with Crippen LogP contribution in [0.3, 0.4) is 0 Å². The molecule has 2 aromatic rings. The van der Waals surface area contributed by atoms with E-state index in [0.29, 0.717) is 6.54 Å². The van der Waals surface area contributed by atoms with Crippen LogP contribution in [0.2, 0.25) is 0 Å². The van der Waals surface area contributed by atoms with Crippen molar-refractivity contribution in [2.24, 2.45) is 5.73 Å². The molecule has 0 aliphatic heterocycles. The van der Waals surface area contributed by atoms with E-state index < -0.39 is 0 Å². The van der Waals surface area contributed by atoms with Crippen molar-refractivity contribution in [2.45, 2.75) is 32.7 Å². The third kappa shape index (κ3) is 1.75. The molecule has 0 unspecified atom stereocenters. The molecular weight excluding hydrogens is 186 g/mol. The van der Waals surface area contributed by atoms with Crippen LogP contribution in [0.25, 0.3) is 5.52 Å². The zero-order valence-corrected chi connectivity index (χ0v) is 9.49. The Labute approximate surface area is 89.9 Å². The molecule has 0 amide bonds. The lowest BCUT2D eigenvalue weighted by molar-refractivity contribution is 0.542. The van der Waals surface area contributed by atoms with Crippen molar-refractivity contribution in [1.29, 1.82) is 0 Å². The van der Waals surface area contributed by atoms with Crippen LogP contribution in [0, 0.1) is 0 Å². The lowest BCUT2D eigenvalue weighted by Gasteiger charge is -2.17. The maximum Gasteiger partial charge on any atom is 0.118 e. The number of pyridine rings is 1. The predicted molar refractivity (Wildman–Crippen MR) is 61.8 cm³/mol. The molecular formula is C12H17N3. The molecule has 0 atom stereocenters. The van der Waals surface area contributed by atoms with Gasteiger partial charge in [0.1, 0.15) is 5.82 Å². The number of hydrogen-bond donors (Lipinski definition) is 1. The zero-order chi connectivity index (χ0) is 11.1. The highest BCUT2D eigenvalue weighted by Crippen LogP contribution is 2.22. The van der Waals surface area contributed by atoms with Gasteiger partial charge < -0.3 is 10.1 Å². The maximum absolute atomic E-state index is 5.63. The minimum absolute atomic E-state index is 0.0552. The van der Waals surface area contributed by atoms with Crippen molar-refractivity contribution in [3.8, 4) is 0 Å². The lowest BCUT2D eigenvalue weighted by Crippen LogP contribution is -2.16. The summed E-state index contributed by atoms with van der Waals surface area (Å²) >= 11 is 0. The summed E-state index contributed by atoms with van der Waals surface area (Å²) in [5, 5.41) is 0. The van der Waals surface area contributed by atoms with E-state index in [-0.39, 0.29) is 5.41 Å². The van der Waals surface area contributed by atoms with Crippen LogP contribution in [0.4, 0.5) is 0 Å². The van der Waals surface area contributed by atoms with Crippen molar-refractivity contribution in [1.82, 2.24) is 9.38 Å². The van der Waals surface area contributed by atoms with Gasteiger partial charge in [-0.05, 0) is 11.6 Å². The third-order valence-electron chi connectivity index (χ3n) is 2.50. The molecule has 0 radical (unpaired) electrons. The van der Waals surface area contributed by atoms with E-state index in [1.165, 1.54) is 0 Å². The quantitative estimate of drug-likeness (QED) is 0.771. The molecule has 0 aromatic carbocycles. The average Bonchev–Trinajstić information content (AvgIpc) is 2.59. The lowest BCUT2D eigenvalue weighted by atomic mass is 9.96. The second-order valence-electron chi connectivity index (χ2n) is 4.87. The summed E-state index contributed by atoms with van der Waals surface area (Å²) in [6.07, 6.45) is 3.98. The molecule has 0 fully saturated rings. The van der Waals surface area contributed by atoms with Gasteiger partial charge in [0.15, 0.2) is 0 Å². The van der Waals surface area contributed by atoms with Gasteiger partial charge in [0.2, 0.25) is 0 Å². The van der Waals surface area contributed by atoms with Gasteiger partial charge in [-0.3, -0.25) is 0 Å². The van der Waals surface area contributed by atoms with Crippen molar-refractivity contribution < 1.29 is 0 Å². The molecule has 0 spiro atoms. The largest absolute Gasteiger partial charge is 0.326 e. The topological polar surface area (TPSA) is 43.3 Å². The summed E-state index contributed by atoms with van der Waals surface area (Å²) in [6.45, 7) is 7.06. The van der Waals surface area contributed by atoms with Crippen LogP contribution in [-0.4, -0.2) is 9.38 Å². The molecule has 0 aliphatic rings. The number of aromatic nitrogens is 2. The van der Waals surface area contributed by atoms with E-state index in [1.807, 2.05) is 12.3 Å². The van der Waals surface area contributed by atoms with Crippen LogP contribution >= 0.6 is 0 Å². The summed E-state index contributed by atoms with van der Waals surface area (Å²) in [7, 11) is 0. The highest BCUT2D eigenvalue weighted by Gasteiger charge is 2.19. The summed E-state index contributed by atoms with van der Waals surface area (Å²) in [6, 6.07) is 4.11. The van der Waals surface area contributed by atoms with Gasteiger partial charge in [0.25, 0.3) is 0 Å². The molecule has 80 valence electrons. The molecule has 0 bridgehead atoms. The van der Waals surface area contributed by atoms with Gasteiger partial charge in [0, 0.05) is 18.2 Å². The highest BCUT2D eigenvalue weighted by atomic mass is 15.0. The van der Waals surface area contributed by atoms with Crippen LogP contribution in [0.15, 0.2) is 24.5 Å². The standard InChI is InChI=1S/C12H17N3/c1-12(2,3)11-14-7-10-5-4-9(6-13)8-15(10)11/h4-5,7-8H,6,13H2,1-3H3. The molecule has 0 aliphatic carbocycles. The number of fused-ring (bicyclic) bond motifs is 1. The predicted octanol–water partition coefficient (Wildman–Crippen LogP) is 2.09. The number of rotatable bonds is 1. The summed E-state index contributed by atoms with van der Waals surface area (Å²) < 4.78 is 2.13. The zero-order valence-electron chi connectivity index (χ0n) is 9.49. The van der Waals surface area contributed by atoms with Crippen LogP contribution in [-0.2, 0) is 12.0 Å². The Hall–Kier alpha value is -1.35. The smallest absolute Gasteiger partial charge is 0.118 e. The van der Waals surface area contributed by atoms with Crippen LogP contribution in [0.5, 0.6) is 0 Å². The second-order valence-corrected chi connectivity index (χ2v) is 4.87. The Morgan fingerprint density at radius 3 is 2.67 bits per heavy atom. The first-order valence-corrected chi connectivity index (χ1v) is 5.19. The van der Waals surface area contributed by atoms with E-state index in [4.69, 9.17) is 5.73 Å². The Morgan fingerprint density at radius 2 is 2.07 bits per heavy atom. The minimum Gasteiger partial charge on any atom is -0.326 e. The van der Waals surface area contributed by atoms with Crippen LogP contribution < -0.4 is 5.73 Å². The van der Waals surface area contributed by atoms with E-state index >= 15 is 0 Å². The van der Waals surface area contributed by atoms with Gasteiger partial charge in [0.05, 0.1) is 11.7 Å².